The molecule has 0 fully saturated rings. The molecule has 0 bridgehead atoms. The van der Waals surface area contributed by atoms with Crippen molar-refractivity contribution in [1.82, 2.24) is 0 Å². The van der Waals surface area contributed by atoms with Gasteiger partial charge in [-0.2, -0.15) is 0 Å². The van der Waals surface area contributed by atoms with Gasteiger partial charge in [0.1, 0.15) is 0 Å². The summed E-state index contributed by atoms with van der Waals surface area (Å²) in [6.45, 7) is 1.37. The summed E-state index contributed by atoms with van der Waals surface area (Å²) in [5.74, 6) is -2.95. The SMILES string of the molecule is COC(C)(O)c1ccccc1C(=O)[O-]. The van der Waals surface area contributed by atoms with Crippen molar-refractivity contribution >= 4 is 5.97 Å². The van der Waals surface area contributed by atoms with Crippen molar-refractivity contribution in [2.45, 2.75) is 12.7 Å². The van der Waals surface area contributed by atoms with E-state index in [9.17, 15) is 15.0 Å². The summed E-state index contributed by atoms with van der Waals surface area (Å²) in [7, 11) is 1.30. The fourth-order valence-electron chi connectivity index (χ4n) is 1.18. The molecule has 1 aromatic rings. The number of benzene rings is 1. The van der Waals surface area contributed by atoms with Crippen LogP contribution in [0.5, 0.6) is 0 Å². The van der Waals surface area contributed by atoms with E-state index in [1.165, 1.54) is 26.2 Å². The minimum absolute atomic E-state index is 0.0700. The molecule has 4 nitrogen and oxygen atoms in total. The van der Waals surface area contributed by atoms with E-state index in [0.717, 1.165) is 0 Å². The van der Waals surface area contributed by atoms with Gasteiger partial charge in [-0.15, -0.1) is 0 Å². The van der Waals surface area contributed by atoms with Gasteiger partial charge in [0.05, 0.1) is 5.97 Å². The minimum Gasteiger partial charge on any atom is -0.545 e. The fraction of sp³-hybridized carbons (Fsp3) is 0.300. The number of aliphatic hydroxyl groups is 1. The molecule has 1 aromatic carbocycles. The van der Waals surface area contributed by atoms with Crippen LogP contribution < -0.4 is 5.11 Å². The number of aromatic carboxylic acids is 1. The van der Waals surface area contributed by atoms with Gasteiger partial charge in [-0.25, -0.2) is 0 Å². The van der Waals surface area contributed by atoms with Crippen molar-refractivity contribution in [3.8, 4) is 0 Å². The predicted octanol–water partition coefficient (Wildman–Crippen LogP) is -0.139. The molecule has 0 saturated heterocycles. The van der Waals surface area contributed by atoms with E-state index >= 15 is 0 Å². The molecule has 0 saturated carbocycles. The molecular weight excluding hydrogens is 184 g/mol. The van der Waals surface area contributed by atoms with Crippen molar-refractivity contribution in [3.63, 3.8) is 0 Å². The first-order valence-electron chi connectivity index (χ1n) is 4.07. The molecule has 0 aliphatic rings. The highest BCUT2D eigenvalue weighted by Gasteiger charge is 2.25. The third-order valence-corrected chi connectivity index (χ3v) is 2.04. The van der Waals surface area contributed by atoms with Crippen LogP contribution in [0.1, 0.15) is 22.8 Å². The summed E-state index contributed by atoms with van der Waals surface area (Å²) >= 11 is 0. The van der Waals surface area contributed by atoms with Gasteiger partial charge in [0, 0.05) is 18.2 Å². The van der Waals surface area contributed by atoms with E-state index in [4.69, 9.17) is 4.74 Å². The molecule has 1 atom stereocenters. The summed E-state index contributed by atoms with van der Waals surface area (Å²) < 4.78 is 4.78. The molecule has 0 radical (unpaired) electrons. The molecule has 0 aromatic heterocycles. The highest BCUT2D eigenvalue weighted by atomic mass is 16.6. The van der Waals surface area contributed by atoms with Gasteiger partial charge in [-0.05, 0) is 6.92 Å². The normalized spacial score (nSPS) is 14.8. The van der Waals surface area contributed by atoms with E-state index in [1.54, 1.807) is 12.1 Å². The van der Waals surface area contributed by atoms with Crippen LogP contribution in [0.4, 0.5) is 0 Å². The van der Waals surface area contributed by atoms with Crippen LogP contribution in [-0.4, -0.2) is 18.2 Å². The lowest BCUT2D eigenvalue weighted by Gasteiger charge is -2.24. The zero-order valence-electron chi connectivity index (χ0n) is 7.98. The van der Waals surface area contributed by atoms with Crippen LogP contribution in [0.2, 0.25) is 0 Å². The molecule has 0 spiro atoms. The Kier molecular flexibility index (Phi) is 2.88. The zero-order valence-corrected chi connectivity index (χ0v) is 7.98. The van der Waals surface area contributed by atoms with Gasteiger partial charge in [0.2, 0.25) is 0 Å². The first-order chi connectivity index (χ1) is 6.49. The van der Waals surface area contributed by atoms with Crippen LogP contribution in [-0.2, 0) is 10.5 Å². The summed E-state index contributed by atoms with van der Waals surface area (Å²) in [4.78, 5) is 10.7. The Labute approximate surface area is 81.8 Å². The molecule has 0 aliphatic carbocycles. The first-order valence-corrected chi connectivity index (χ1v) is 4.07. The quantitative estimate of drug-likeness (QED) is 0.681. The number of carbonyl (C=O) groups is 1. The van der Waals surface area contributed by atoms with E-state index in [-0.39, 0.29) is 11.1 Å². The molecule has 0 amide bonds. The van der Waals surface area contributed by atoms with Gasteiger partial charge in [0.15, 0.2) is 5.79 Å². The Bertz CT molecular complexity index is 344. The van der Waals surface area contributed by atoms with Crippen LogP contribution in [0.15, 0.2) is 24.3 Å². The van der Waals surface area contributed by atoms with Gasteiger partial charge in [0.25, 0.3) is 0 Å². The second kappa shape index (κ2) is 3.77. The number of carbonyl (C=O) groups excluding carboxylic acids is 1. The van der Waals surface area contributed by atoms with E-state index < -0.39 is 11.8 Å². The zero-order chi connectivity index (χ0) is 10.8. The lowest BCUT2D eigenvalue weighted by molar-refractivity contribution is -0.256. The lowest BCUT2D eigenvalue weighted by Crippen LogP contribution is -2.31. The van der Waals surface area contributed by atoms with Crippen molar-refractivity contribution in [2.24, 2.45) is 0 Å². The molecular formula is C10H11O4-. The van der Waals surface area contributed by atoms with Gasteiger partial charge in [-0.1, -0.05) is 24.3 Å². The molecule has 14 heavy (non-hydrogen) atoms. The van der Waals surface area contributed by atoms with Gasteiger partial charge < -0.3 is 19.7 Å². The number of rotatable bonds is 3. The average molecular weight is 195 g/mol. The van der Waals surface area contributed by atoms with Crippen LogP contribution >= 0.6 is 0 Å². The lowest BCUT2D eigenvalue weighted by atomic mass is 10.0. The van der Waals surface area contributed by atoms with Crippen LogP contribution in [0.25, 0.3) is 0 Å². The fourth-order valence-corrected chi connectivity index (χ4v) is 1.18. The molecule has 0 aliphatic heterocycles. The third-order valence-electron chi connectivity index (χ3n) is 2.04. The molecule has 76 valence electrons. The largest absolute Gasteiger partial charge is 0.545 e. The first kappa shape index (κ1) is 10.7. The number of carboxylic acid groups (broad SMARTS) is 1. The standard InChI is InChI=1S/C10H12O4/c1-10(13,14-2)8-6-4-3-5-7(8)9(11)12/h3-6,13H,1-2H3,(H,11,12)/p-1. The Morgan fingerprint density at radius 1 is 1.50 bits per heavy atom. The number of hydrogen-bond donors (Lipinski definition) is 1. The highest BCUT2D eigenvalue weighted by molar-refractivity contribution is 5.87. The maximum absolute atomic E-state index is 10.7. The topological polar surface area (TPSA) is 69.6 Å². The van der Waals surface area contributed by atoms with Gasteiger partial charge in [-0.3, -0.25) is 0 Å². The van der Waals surface area contributed by atoms with Crippen LogP contribution in [0, 0.1) is 0 Å². The number of hydrogen-bond acceptors (Lipinski definition) is 4. The van der Waals surface area contributed by atoms with Crippen LogP contribution in [0.3, 0.4) is 0 Å². The summed E-state index contributed by atoms with van der Waals surface area (Å²) in [5, 5.41) is 20.4. The molecule has 0 heterocycles. The Balaban J connectivity index is 3.27. The Hall–Kier alpha value is -1.39. The average Bonchev–Trinajstić information content (AvgIpc) is 2.18. The Morgan fingerprint density at radius 3 is 2.57 bits per heavy atom. The van der Waals surface area contributed by atoms with E-state index in [0.29, 0.717) is 0 Å². The van der Waals surface area contributed by atoms with E-state index in [1.807, 2.05) is 0 Å². The number of ether oxygens (including phenoxy) is 1. The monoisotopic (exact) mass is 195 g/mol. The highest BCUT2D eigenvalue weighted by Crippen LogP contribution is 2.24. The second-order valence-corrected chi connectivity index (χ2v) is 3.02. The summed E-state index contributed by atoms with van der Waals surface area (Å²) in [6, 6.07) is 6.02. The number of carboxylic acids is 1. The van der Waals surface area contributed by atoms with Crippen molar-refractivity contribution < 1.29 is 19.7 Å². The predicted molar refractivity (Wildman–Crippen MR) is 47.4 cm³/mol. The Morgan fingerprint density at radius 2 is 2.07 bits per heavy atom. The number of methoxy groups -OCH3 is 1. The maximum Gasteiger partial charge on any atom is 0.189 e. The molecule has 4 heteroatoms. The molecule has 1 N–H and O–H groups in total. The smallest absolute Gasteiger partial charge is 0.189 e. The summed E-state index contributed by atoms with van der Waals surface area (Å²) in [6.07, 6.45) is 0. The molecule has 1 unspecified atom stereocenters. The minimum atomic E-state index is -1.61. The van der Waals surface area contributed by atoms with Crippen molar-refractivity contribution in [3.05, 3.63) is 35.4 Å². The summed E-state index contributed by atoms with van der Waals surface area (Å²) in [5.41, 5.74) is 0.113. The van der Waals surface area contributed by atoms with Crippen molar-refractivity contribution in [2.75, 3.05) is 7.11 Å². The third kappa shape index (κ3) is 1.92. The van der Waals surface area contributed by atoms with Gasteiger partial charge >= 0.3 is 0 Å². The second-order valence-electron chi connectivity index (χ2n) is 3.02. The molecule has 1 rings (SSSR count). The van der Waals surface area contributed by atoms with Crippen molar-refractivity contribution in [1.29, 1.82) is 0 Å². The maximum atomic E-state index is 10.7. The van der Waals surface area contributed by atoms with E-state index in [2.05, 4.69) is 0 Å².